The maximum atomic E-state index is 3.50. The summed E-state index contributed by atoms with van der Waals surface area (Å²) >= 11 is 3.47. The molecular weight excluding hydrogens is 322 g/mol. The van der Waals surface area contributed by atoms with Crippen LogP contribution in [0.4, 0.5) is 0 Å². The van der Waals surface area contributed by atoms with E-state index in [1.54, 1.807) is 0 Å². The molecule has 0 heterocycles. The molecule has 2 aromatic rings. The quantitative estimate of drug-likeness (QED) is 0.737. The molecule has 0 radical (unpaired) electrons. The van der Waals surface area contributed by atoms with Gasteiger partial charge in [0, 0.05) is 18.4 Å². The van der Waals surface area contributed by atoms with Crippen LogP contribution in [0.15, 0.2) is 48.5 Å². The second-order valence-electron chi connectivity index (χ2n) is 6.50. The van der Waals surface area contributed by atoms with E-state index in [-0.39, 0.29) is 5.41 Å². The largest absolute Gasteiger partial charge is 0.309 e. The van der Waals surface area contributed by atoms with Crippen LogP contribution in [-0.4, -0.2) is 0 Å². The summed E-state index contributed by atoms with van der Waals surface area (Å²) in [4.78, 5) is 0. The maximum absolute atomic E-state index is 3.50. The molecule has 0 aliphatic heterocycles. The summed E-state index contributed by atoms with van der Waals surface area (Å²) in [5.74, 6) is 0. The minimum absolute atomic E-state index is 0.225. The highest BCUT2D eigenvalue weighted by atomic mass is 79.9. The summed E-state index contributed by atoms with van der Waals surface area (Å²) in [6, 6.07) is 17.6. The zero-order valence-corrected chi connectivity index (χ0v) is 14.7. The fraction of sp³-hybridized carbons (Fsp3) is 0.368. The van der Waals surface area contributed by atoms with E-state index >= 15 is 0 Å². The average Bonchev–Trinajstić information content (AvgIpc) is 2.47. The van der Waals surface area contributed by atoms with Gasteiger partial charge in [0.05, 0.1) is 0 Å². The third kappa shape index (κ3) is 4.98. The third-order valence-corrected chi connectivity index (χ3v) is 4.30. The van der Waals surface area contributed by atoms with Crippen molar-refractivity contribution in [1.29, 1.82) is 0 Å². The Bertz CT molecular complexity index is 550. The summed E-state index contributed by atoms with van der Waals surface area (Å²) in [5.41, 5.74) is 5.59. The Labute approximate surface area is 136 Å². The van der Waals surface area contributed by atoms with E-state index in [0.717, 1.165) is 18.4 Å². The summed E-state index contributed by atoms with van der Waals surface area (Å²) in [6.45, 7) is 8.55. The van der Waals surface area contributed by atoms with Crippen molar-refractivity contribution in [1.82, 2.24) is 5.32 Å². The molecule has 2 rings (SSSR count). The van der Waals surface area contributed by atoms with Crippen molar-refractivity contribution >= 4 is 15.9 Å². The van der Waals surface area contributed by atoms with E-state index in [1.165, 1.54) is 22.3 Å². The van der Waals surface area contributed by atoms with Gasteiger partial charge in [0.25, 0.3) is 0 Å². The zero-order chi connectivity index (χ0) is 15.3. The Morgan fingerprint density at radius 3 is 1.62 bits per heavy atom. The lowest BCUT2D eigenvalue weighted by molar-refractivity contribution is 0.589. The van der Waals surface area contributed by atoms with Gasteiger partial charge in [-0.2, -0.15) is 0 Å². The number of alkyl halides is 1. The van der Waals surface area contributed by atoms with Crippen LogP contribution in [0.5, 0.6) is 0 Å². The van der Waals surface area contributed by atoms with E-state index < -0.39 is 0 Å². The van der Waals surface area contributed by atoms with Gasteiger partial charge < -0.3 is 5.32 Å². The summed E-state index contributed by atoms with van der Waals surface area (Å²) < 4.78 is 0. The minimum Gasteiger partial charge on any atom is -0.309 e. The maximum Gasteiger partial charge on any atom is 0.0283 e. The highest BCUT2D eigenvalue weighted by Crippen LogP contribution is 2.22. The number of hydrogen-bond donors (Lipinski definition) is 1. The first-order valence-corrected chi connectivity index (χ1v) is 8.55. The average molecular weight is 346 g/mol. The van der Waals surface area contributed by atoms with Crippen LogP contribution >= 0.6 is 15.9 Å². The normalized spacial score (nSPS) is 11.6. The number of rotatable bonds is 5. The van der Waals surface area contributed by atoms with Crippen molar-refractivity contribution in [3.63, 3.8) is 0 Å². The number of benzene rings is 2. The Kier molecular flexibility index (Phi) is 5.60. The molecule has 112 valence electrons. The van der Waals surface area contributed by atoms with Crippen LogP contribution in [0.1, 0.15) is 43.0 Å². The van der Waals surface area contributed by atoms with E-state index in [0.29, 0.717) is 0 Å². The predicted octanol–water partition coefficient (Wildman–Crippen LogP) is 5.17. The molecule has 0 fully saturated rings. The van der Waals surface area contributed by atoms with Gasteiger partial charge in [-0.15, -0.1) is 0 Å². The molecule has 0 saturated carbocycles. The highest BCUT2D eigenvalue weighted by Gasteiger charge is 2.12. The van der Waals surface area contributed by atoms with E-state index in [4.69, 9.17) is 0 Å². The van der Waals surface area contributed by atoms with Gasteiger partial charge in [-0.25, -0.2) is 0 Å². The topological polar surface area (TPSA) is 12.0 Å². The monoisotopic (exact) mass is 345 g/mol. The standard InChI is InChI=1S/C19H24BrN/c1-19(2,3)18-10-8-17(9-11-18)14-21-13-16-6-4-15(12-20)5-7-16/h4-11,21H,12-14H2,1-3H3. The lowest BCUT2D eigenvalue weighted by Gasteiger charge is -2.19. The molecule has 0 saturated heterocycles. The molecule has 2 aromatic carbocycles. The van der Waals surface area contributed by atoms with Crippen LogP contribution in [-0.2, 0) is 23.8 Å². The van der Waals surface area contributed by atoms with Crippen LogP contribution in [0.3, 0.4) is 0 Å². The van der Waals surface area contributed by atoms with Crippen LogP contribution in [0.25, 0.3) is 0 Å². The molecule has 0 amide bonds. The molecular formula is C19H24BrN. The van der Waals surface area contributed by atoms with E-state index in [2.05, 4.69) is 90.5 Å². The molecule has 0 spiro atoms. The Balaban J connectivity index is 1.85. The van der Waals surface area contributed by atoms with Crippen LogP contribution < -0.4 is 5.32 Å². The van der Waals surface area contributed by atoms with Gasteiger partial charge in [0.1, 0.15) is 0 Å². The molecule has 0 unspecified atom stereocenters. The lowest BCUT2D eigenvalue weighted by Crippen LogP contribution is -2.14. The molecule has 0 aliphatic rings. The Morgan fingerprint density at radius 1 is 0.762 bits per heavy atom. The molecule has 21 heavy (non-hydrogen) atoms. The fourth-order valence-electron chi connectivity index (χ4n) is 2.22. The first kappa shape index (κ1) is 16.3. The van der Waals surface area contributed by atoms with Crippen molar-refractivity contribution in [2.45, 2.75) is 44.6 Å². The van der Waals surface area contributed by atoms with Crippen molar-refractivity contribution < 1.29 is 0 Å². The van der Waals surface area contributed by atoms with Crippen LogP contribution in [0.2, 0.25) is 0 Å². The first-order valence-electron chi connectivity index (χ1n) is 7.43. The van der Waals surface area contributed by atoms with Crippen molar-refractivity contribution in [2.24, 2.45) is 0 Å². The number of nitrogens with one attached hydrogen (secondary N) is 1. The Hall–Kier alpha value is -1.12. The SMILES string of the molecule is CC(C)(C)c1ccc(CNCc2ccc(CBr)cc2)cc1. The van der Waals surface area contributed by atoms with Gasteiger partial charge in [0.2, 0.25) is 0 Å². The molecule has 1 N–H and O–H groups in total. The van der Waals surface area contributed by atoms with Gasteiger partial charge in [-0.3, -0.25) is 0 Å². The van der Waals surface area contributed by atoms with Crippen LogP contribution in [0, 0.1) is 0 Å². The number of halogens is 1. The van der Waals surface area contributed by atoms with Crippen molar-refractivity contribution in [3.8, 4) is 0 Å². The zero-order valence-electron chi connectivity index (χ0n) is 13.1. The van der Waals surface area contributed by atoms with Gasteiger partial charge in [0.15, 0.2) is 0 Å². The Morgan fingerprint density at radius 2 is 1.19 bits per heavy atom. The molecule has 0 bridgehead atoms. The molecule has 2 heteroatoms. The fourth-order valence-corrected chi connectivity index (χ4v) is 2.59. The molecule has 1 nitrogen and oxygen atoms in total. The third-order valence-electron chi connectivity index (χ3n) is 3.66. The summed E-state index contributed by atoms with van der Waals surface area (Å²) in [7, 11) is 0. The number of hydrogen-bond acceptors (Lipinski definition) is 1. The molecule has 0 atom stereocenters. The first-order chi connectivity index (χ1) is 9.99. The second-order valence-corrected chi connectivity index (χ2v) is 7.06. The summed E-state index contributed by atoms with van der Waals surface area (Å²) in [6.07, 6.45) is 0. The smallest absolute Gasteiger partial charge is 0.0283 e. The molecule has 0 aromatic heterocycles. The van der Waals surface area contributed by atoms with Gasteiger partial charge in [-0.05, 0) is 27.7 Å². The predicted molar refractivity (Wildman–Crippen MR) is 94.8 cm³/mol. The molecule has 0 aliphatic carbocycles. The van der Waals surface area contributed by atoms with Gasteiger partial charge in [-0.1, -0.05) is 85.2 Å². The summed E-state index contributed by atoms with van der Waals surface area (Å²) in [5, 5.41) is 4.42. The highest BCUT2D eigenvalue weighted by molar-refractivity contribution is 9.08. The van der Waals surface area contributed by atoms with Crippen molar-refractivity contribution in [2.75, 3.05) is 0 Å². The lowest BCUT2D eigenvalue weighted by atomic mass is 9.87. The minimum atomic E-state index is 0.225. The van der Waals surface area contributed by atoms with E-state index in [1.807, 2.05) is 0 Å². The van der Waals surface area contributed by atoms with E-state index in [9.17, 15) is 0 Å². The van der Waals surface area contributed by atoms with Gasteiger partial charge >= 0.3 is 0 Å². The van der Waals surface area contributed by atoms with Crippen molar-refractivity contribution in [3.05, 3.63) is 70.8 Å². The second kappa shape index (κ2) is 7.24.